The lowest BCUT2D eigenvalue weighted by atomic mass is 9.91. The maximum atomic E-state index is 15.3. The number of aromatic nitrogens is 2. The van der Waals surface area contributed by atoms with Crippen LogP contribution in [0.15, 0.2) is 65.7 Å². The van der Waals surface area contributed by atoms with Gasteiger partial charge in [0.25, 0.3) is 0 Å². The van der Waals surface area contributed by atoms with Crippen LogP contribution >= 0.6 is 0 Å². The zero-order valence-corrected chi connectivity index (χ0v) is 22.4. The zero-order valence-electron chi connectivity index (χ0n) is 21.5. The van der Waals surface area contributed by atoms with Crippen LogP contribution in [0.5, 0.6) is 0 Å². The second kappa shape index (κ2) is 10.8. The van der Waals surface area contributed by atoms with Crippen molar-refractivity contribution >= 4 is 26.9 Å². The van der Waals surface area contributed by atoms with Gasteiger partial charge in [0.15, 0.2) is 0 Å². The highest BCUT2D eigenvalue weighted by atomic mass is 32.2. The van der Waals surface area contributed by atoms with Crippen LogP contribution in [0.4, 0.5) is 10.3 Å². The van der Waals surface area contributed by atoms with Gasteiger partial charge >= 0.3 is 0 Å². The van der Waals surface area contributed by atoms with Crippen molar-refractivity contribution in [3.05, 3.63) is 72.2 Å². The predicted molar refractivity (Wildman–Crippen MR) is 150 cm³/mol. The molecule has 0 spiro atoms. The van der Waals surface area contributed by atoms with Crippen LogP contribution in [-0.2, 0) is 16.4 Å². The summed E-state index contributed by atoms with van der Waals surface area (Å²) < 4.78 is 39.4. The molecule has 3 aromatic carbocycles. The molecule has 198 valence electrons. The Balaban J connectivity index is 1.45. The number of fused-ring (bicyclic) bond motifs is 1. The monoisotopic (exact) mass is 533 g/mol. The fourth-order valence-corrected chi connectivity index (χ4v) is 6.04. The average molecular weight is 534 g/mol. The van der Waals surface area contributed by atoms with Crippen molar-refractivity contribution < 1.29 is 12.8 Å². The smallest absolute Gasteiger partial charge is 0.238 e. The molecule has 0 unspecified atom stereocenters. The Kier molecular flexibility index (Phi) is 7.43. The predicted octanol–water partition coefficient (Wildman–Crippen LogP) is 5.26. The molecule has 0 atom stereocenters. The minimum Gasteiger partial charge on any atom is -0.351 e. The van der Waals surface area contributed by atoms with E-state index in [2.05, 4.69) is 22.5 Å². The third kappa shape index (κ3) is 5.41. The van der Waals surface area contributed by atoms with Crippen molar-refractivity contribution in [1.29, 1.82) is 0 Å². The lowest BCUT2D eigenvalue weighted by molar-refractivity contribution is 0.370. The quantitative estimate of drug-likeness (QED) is 0.299. The number of hydrogen-bond acceptors (Lipinski definition) is 6. The summed E-state index contributed by atoms with van der Waals surface area (Å²) in [5, 5.41) is 13.1. The summed E-state index contributed by atoms with van der Waals surface area (Å²) in [6.07, 6.45) is 7.00. The van der Waals surface area contributed by atoms with Gasteiger partial charge in [-0.3, -0.25) is 0 Å². The molecule has 4 N–H and O–H groups in total. The van der Waals surface area contributed by atoms with Gasteiger partial charge in [0.05, 0.1) is 10.4 Å². The first-order valence-corrected chi connectivity index (χ1v) is 14.5. The summed E-state index contributed by atoms with van der Waals surface area (Å²) in [4.78, 5) is 9.30. The number of aryl methyl sites for hydroxylation is 1. The Bertz CT molecular complexity index is 1580. The molecule has 0 aliphatic heterocycles. The van der Waals surface area contributed by atoms with E-state index in [1.165, 1.54) is 12.1 Å². The van der Waals surface area contributed by atoms with Crippen LogP contribution in [0.2, 0.25) is 0 Å². The van der Waals surface area contributed by atoms with Crippen molar-refractivity contribution in [2.24, 2.45) is 5.14 Å². The molecule has 1 aliphatic carbocycles. The normalized spacial score (nSPS) is 18.0. The summed E-state index contributed by atoms with van der Waals surface area (Å²) in [5.74, 6) is 0.109. The van der Waals surface area contributed by atoms with Crippen molar-refractivity contribution in [1.82, 2.24) is 15.3 Å². The van der Waals surface area contributed by atoms with Gasteiger partial charge in [-0.2, -0.15) is 0 Å². The number of primary sulfonamides is 1. The molecule has 0 radical (unpaired) electrons. The molecule has 0 bridgehead atoms. The topological polar surface area (TPSA) is 110 Å². The minimum absolute atomic E-state index is 0.109. The Morgan fingerprint density at radius 1 is 0.974 bits per heavy atom. The van der Waals surface area contributed by atoms with E-state index in [0.29, 0.717) is 23.6 Å². The van der Waals surface area contributed by atoms with Gasteiger partial charge in [-0.15, -0.1) is 0 Å². The van der Waals surface area contributed by atoms with E-state index < -0.39 is 15.8 Å². The zero-order chi connectivity index (χ0) is 26.9. The van der Waals surface area contributed by atoms with Crippen molar-refractivity contribution in [2.45, 2.75) is 56.0 Å². The third-order valence-corrected chi connectivity index (χ3v) is 8.37. The second-order valence-corrected chi connectivity index (χ2v) is 11.4. The number of halogens is 1. The van der Waals surface area contributed by atoms with Crippen LogP contribution in [0, 0.1) is 5.82 Å². The van der Waals surface area contributed by atoms with E-state index in [0.717, 1.165) is 54.1 Å². The number of nitrogens with zero attached hydrogens (tertiary/aromatic N) is 2. The molecule has 9 heteroatoms. The summed E-state index contributed by atoms with van der Waals surface area (Å²) in [5.41, 5.74) is 3.87. The Labute approximate surface area is 222 Å². The van der Waals surface area contributed by atoms with Crippen molar-refractivity contribution in [2.75, 3.05) is 12.4 Å². The number of hydrogen-bond donors (Lipinski definition) is 3. The van der Waals surface area contributed by atoms with Crippen LogP contribution < -0.4 is 15.8 Å². The first kappa shape index (κ1) is 26.2. The SMILES string of the molecule is CCc1cc(-c2ccc(-c3ccccc3S(N)(=O)=O)c(F)c2)cc2cnc(NC3CCC(NC)CC3)nc12. The Morgan fingerprint density at radius 3 is 2.39 bits per heavy atom. The molecule has 1 aromatic heterocycles. The van der Waals surface area contributed by atoms with Gasteiger partial charge in [-0.05, 0) is 80.1 Å². The van der Waals surface area contributed by atoms with E-state index >= 15 is 4.39 Å². The van der Waals surface area contributed by atoms with Gasteiger partial charge < -0.3 is 10.6 Å². The number of nitrogens with two attached hydrogens (primary N) is 1. The first-order chi connectivity index (χ1) is 18.3. The molecule has 0 amide bonds. The highest BCUT2D eigenvalue weighted by molar-refractivity contribution is 7.89. The minimum atomic E-state index is -4.00. The molecular weight excluding hydrogens is 501 g/mol. The number of anilines is 1. The van der Waals surface area contributed by atoms with Gasteiger partial charge in [0.2, 0.25) is 16.0 Å². The van der Waals surface area contributed by atoms with E-state index in [1.807, 2.05) is 25.4 Å². The van der Waals surface area contributed by atoms with Gasteiger partial charge in [0, 0.05) is 34.8 Å². The average Bonchev–Trinajstić information content (AvgIpc) is 2.92. The van der Waals surface area contributed by atoms with Crippen LogP contribution in [0.3, 0.4) is 0 Å². The number of sulfonamides is 1. The van der Waals surface area contributed by atoms with E-state index in [9.17, 15) is 8.42 Å². The van der Waals surface area contributed by atoms with Crippen molar-refractivity contribution in [3.8, 4) is 22.3 Å². The largest absolute Gasteiger partial charge is 0.351 e. The molecule has 1 aliphatic rings. The summed E-state index contributed by atoms with van der Waals surface area (Å²) in [6, 6.07) is 15.9. The highest BCUT2D eigenvalue weighted by Gasteiger charge is 2.21. The molecule has 1 saturated carbocycles. The molecular formula is C29H32FN5O2S. The summed E-state index contributed by atoms with van der Waals surface area (Å²) in [6.45, 7) is 2.07. The summed E-state index contributed by atoms with van der Waals surface area (Å²) in [7, 11) is -1.98. The number of nitrogens with one attached hydrogen (secondary N) is 2. The lowest BCUT2D eigenvalue weighted by Crippen LogP contribution is -2.35. The molecule has 1 fully saturated rings. The summed E-state index contributed by atoms with van der Waals surface area (Å²) >= 11 is 0. The first-order valence-electron chi connectivity index (χ1n) is 12.9. The third-order valence-electron chi connectivity index (χ3n) is 7.40. The maximum absolute atomic E-state index is 15.3. The molecule has 4 aromatic rings. The van der Waals surface area contributed by atoms with Crippen molar-refractivity contribution in [3.63, 3.8) is 0 Å². The van der Waals surface area contributed by atoms with Crippen LogP contribution in [0.25, 0.3) is 33.2 Å². The van der Waals surface area contributed by atoms with Gasteiger partial charge in [0.1, 0.15) is 5.82 Å². The Morgan fingerprint density at radius 2 is 1.71 bits per heavy atom. The molecule has 38 heavy (non-hydrogen) atoms. The van der Waals surface area contributed by atoms with Gasteiger partial charge in [-0.1, -0.05) is 37.3 Å². The fraction of sp³-hybridized carbons (Fsp3) is 0.310. The Hall–Kier alpha value is -3.40. The van der Waals surface area contributed by atoms with Crippen LogP contribution in [-0.4, -0.2) is 37.5 Å². The number of benzene rings is 3. The molecule has 1 heterocycles. The highest BCUT2D eigenvalue weighted by Crippen LogP contribution is 2.34. The molecule has 0 saturated heterocycles. The maximum Gasteiger partial charge on any atom is 0.238 e. The van der Waals surface area contributed by atoms with E-state index in [1.54, 1.807) is 30.3 Å². The van der Waals surface area contributed by atoms with Crippen LogP contribution in [0.1, 0.15) is 38.2 Å². The standard InChI is InChI=1S/C29H32FN5O2S/c1-3-18-14-20(15-21-17-33-29(35-28(18)21)34-23-11-9-22(32-2)10-12-23)19-8-13-24(26(30)16-19)25-6-4-5-7-27(25)38(31,36)37/h4-8,13-17,22-23,32H,3,9-12H2,1-2H3,(H2,31,36,37)(H,33,34,35). The molecule has 5 rings (SSSR count). The lowest BCUT2D eigenvalue weighted by Gasteiger charge is -2.28. The van der Waals surface area contributed by atoms with Gasteiger partial charge in [-0.25, -0.2) is 27.9 Å². The molecule has 7 nitrogen and oxygen atoms in total. The van der Waals surface area contributed by atoms with E-state index in [4.69, 9.17) is 10.1 Å². The fourth-order valence-electron chi connectivity index (χ4n) is 5.28. The number of rotatable bonds is 7. The second-order valence-electron chi connectivity index (χ2n) is 9.84. The van der Waals surface area contributed by atoms with E-state index in [-0.39, 0.29) is 16.0 Å².